The Balaban J connectivity index is 1.26. The van der Waals surface area contributed by atoms with Crippen molar-refractivity contribution < 1.29 is 33.4 Å². The van der Waals surface area contributed by atoms with Crippen LogP contribution in [-0.4, -0.2) is 54.8 Å². The number of nitrogens with one attached hydrogen (secondary N) is 4. The van der Waals surface area contributed by atoms with Crippen LogP contribution in [0.1, 0.15) is 71.3 Å². The van der Waals surface area contributed by atoms with E-state index in [1.807, 2.05) is 166 Å². The lowest BCUT2D eigenvalue weighted by molar-refractivity contribution is -0.130. The summed E-state index contributed by atoms with van der Waals surface area (Å²) in [5.41, 5.74) is 3.45. The number of carbonyl (C=O) groups excluding carboxylic acids is 5. The van der Waals surface area contributed by atoms with Crippen LogP contribution in [0, 0.1) is 5.92 Å². The van der Waals surface area contributed by atoms with Crippen molar-refractivity contribution >= 4 is 29.6 Å². The van der Waals surface area contributed by atoms with Crippen molar-refractivity contribution in [2.24, 2.45) is 5.92 Å². The van der Waals surface area contributed by atoms with Crippen LogP contribution in [0.25, 0.3) is 0 Å². The van der Waals surface area contributed by atoms with E-state index in [1.54, 1.807) is 37.5 Å². The standard InChI is InChI=1S/C56H58N4O7/c1-40(2)37-49(59-55(65)67-39-42-21-11-5-12-22-42)54(64)58-50(38-41-19-9-4-10-20-41)53(63)57-47(31-35-51(61)43-29-33-48(66-3)34-30-43)32-36-52(62)60-56(44-23-13-6-14-24-44,45-25-15-7-16-26-45)46-27-17-8-18-28-46/h4-31,33-35,40,47,49-50H,32,36-39H2,1-3H3,(H,57,63)(H,58,64)(H,59,65)(H,60,62)/b35-31+/t47-,49+,50+/m1/s1. The minimum atomic E-state index is -1.12. The van der Waals surface area contributed by atoms with Crippen molar-refractivity contribution in [3.63, 3.8) is 0 Å². The lowest BCUT2D eigenvalue weighted by Gasteiger charge is -2.37. The normalized spacial score (nSPS) is 12.6. The molecule has 6 aromatic carbocycles. The number of ketones is 1. The highest BCUT2D eigenvalue weighted by Gasteiger charge is 2.38. The van der Waals surface area contributed by atoms with E-state index in [-0.39, 0.29) is 49.9 Å². The van der Waals surface area contributed by atoms with E-state index in [0.29, 0.717) is 11.3 Å². The van der Waals surface area contributed by atoms with Gasteiger partial charge in [0, 0.05) is 24.4 Å². The van der Waals surface area contributed by atoms with Gasteiger partial charge < -0.3 is 30.7 Å². The molecule has 0 bridgehead atoms. The third-order valence-corrected chi connectivity index (χ3v) is 11.3. The van der Waals surface area contributed by atoms with Crippen LogP contribution >= 0.6 is 0 Å². The van der Waals surface area contributed by atoms with Gasteiger partial charge in [0.2, 0.25) is 17.7 Å². The van der Waals surface area contributed by atoms with Gasteiger partial charge in [-0.3, -0.25) is 19.2 Å². The first-order valence-electron chi connectivity index (χ1n) is 22.5. The summed E-state index contributed by atoms with van der Waals surface area (Å²) >= 11 is 0. The van der Waals surface area contributed by atoms with E-state index in [2.05, 4.69) is 21.3 Å². The molecule has 0 aliphatic rings. The van der Waals surface area contributed by atoms with Gasteiger partial charge in [-0.2, -0.15) is 0 Å². The second-order valence-electron chi connectivity index (χ2n) is 16.6. The highest BCUT2D eigenvalue weighted by molar-refractivity contribution is 6.04. The zero-order chi connectivity index (χ0) is 47.4. The van der Waals surface area contributed by atoms with Crippen LogP contribution in [0.2, 0.25) is 0 Å². The quantitative estimate of drug-likeness (QED) is 0.0302. The van der Waals surface area contributed by atoms with Crippen molar-refractivity contribution in [2.75, 3.05) is 7.11 Å². The van der Waals surface area contributed by atoms with E-state index < -0.39 is 41.6 Å². The number of hydrogen-bond donors (Lipinski definition) is 4. The molecule has 67 heavy (non-hydrogen) atoms. The van der Waals surface area contributed by atoms with Crippen LogP contribution in [0.5, 0.6) is 5.75 Å². The monoisotopic (exact) mass is 898 g/mol. The summed E-state index contributed by atoms with van der Waals surface area (Å²) in [6.07, 6.45) is 2.60. The molecule has 0 fully saturated rings. The summed E-state index contributed by atoms with van der Waals surface area (Å²) in [6, 6.07) is 51.4. The molecule has 0 radical (unpaired) electrons. The lowest BCUT2D eigenvalue weighted by Crippen LogP contribution is -2.55. The van der Waals surface area contributed by atoms with E-state index in [4.69, 9.17) is 9.47 Å². The zero-order valence-corrected chi connectivity index (χ0v) is 38.1. The number of ether oxygens (including phenoxy) is 2. The Labute approximate surface area is 393 Å². The first kappa shape index (κ1) is 48.7. The van der Waals surface area contributed by atoms with Crippen LogP contribution in [0.3, 0.4) is 0 Å². The van der Waals surface area contributed by atoms with E-state index >= 15 is 0 Å². The molecule has 0 saturated heterocycles. The molecule has 3 atom stereocenters. The van der Waals surface area contributed by atoms with Crippen LogP contribution in [0.15, 0.2) is 188 Å². The van der Waals surface area contributed by atoms with Gasteiger partial charge in [0.1, 0.15) is 30.0 Å². The zero-order valence-electron chi connectivity index (χ0n) is 38.1. The van der Waals surface area contributed by atoms with Crippen molar-refractivity contribution in [2.45, 2.75) is 69.8 Å². The first-order valence-corrected chi connectivity index (χ1v) is 22.5. The number of rotatable bonds is 22. The maximum atomic E-state index is 14.6. The topological polar surface area (TPSA) is 152 Å². The summed E-state index contributed by atoms with van der Waals surface area (Å²) in [5, 5.41) is 12.0. The van der Waals surface area contributed by atoms with E-state index in [1.165, 1.54) is 6.08 Å². The fraction of sp³-hybridized carbons (Fsp3) is 0.232. The molecule has 11 heteroatoms. The summed E-state index contributed by atoms with van der Waals surface area (Å²) in [6.45, 7) is 3.87. The first-order chi connectivity index (χ1) is 32.5. The van der Waals surface area contributed by atoms with Crippen LogP contribution < -0.4 is 26.0 Å². The third kappa shape index (κ3) is 14.1. The summed E-state index contributed by atoms with van der Waals surface area (Å²) in [4.78, 5) is 69.7. The van der Waals surface area contributed by atoms with Gasteiger partial charge in [-0.15, -0.1) is 0 Å². The summed E-state index contributed by atoms with van der Waals surface area (Å²) < 4.78 is 10.7. The fourth-order valence-electron chi connectivity index (χ4n) is 7.84. The predicted octanol–water partition coefficient (Wildman–Crippen LogP) is 8.88. The van der Waals surface area contributed by atoms with Crippen LogP contribution in [-0.2, 0) is 37.7 Å². The van der Waals surface area contributed by atoms with Crippen LogP contribution in [0.4, 0.5) is 4.79 Å². The number of carbonyl (C=O) groups is 5. The third-order valence-electron chi connectivity index (χ3n) is 11.3. The minimum absolute atomic E-state index is 0.000107. The number of alkyl carbamates (subject to hydrolysis) is 1. The van der Waals surface area contributed by atoms with Gasteiger partial charge in [0.25, 0.3) is 0 Å². The molecule has 4 amide bonds. The van der Waals surface area contributed by atoms with Gasteiger partial charge in [0.15, 0.2) is 5.78 Å². The molecule has 4 N–H and O–H groups in total. The fourth-order valence-corrected chi connectivity index (χ4v) is 7.84. The molecule has 0 spiro atoms. The van der Waals surface area contributed by atoms with Gasteiger partial charge in [0.05, 0.1) is 7.11 Å². The summed E-state index contributed by atoms with van der Waals surface area (Å²) in [5.74, 6) is -1.15. The predicted molar refractivity (Wildman–Crippen MR) is 260 cm³/mol. The van der Waals surface area contributed by atoms with E-state index in [9.17, 15) is 24.0 Å². The molecule has 6 rings (SSSR count). The van der Waals surface area contributed by atoms with Crippen molar-refractivity contribution in [3.05, 3.63) is 221 Å². The van der Waals surface area contributed by atoms with Gasteiger partial charge in [-0.25, -0.2) is 4.79 Å². The molecule has 0 aromatic heterocycles. The molecule has 344 valence electrons. The molecule has 0 heterocycles. The molecule has 0 unspecified atom stereocenters. The van der Waals surface area contributed by atoms with Gasteiger partial charge >= 0.3 is 6.09 Å². The Hall–Kier alpha value is -7.79. The molecule has 6 aromatic rings. The number of hydrogen-bond acceptors (Lipinski definition) is 7. The second kappa shape index (κ2) is 24.5. The van der Waals surface area contributed by atoms with Gasteiger partial charge in [-0.05, 0) is 76.9 Å². The second-order valence-corrected chi connectivity index (χ2v) is 16.6. The maximum absolute atomic E-state index is 14.6. The highest BCUT2D eigenvalue weighted by atomic mass is 16.5. The average molecular weight is 899 g/mol. The highest BCUT2D eigenvalue weighted by Crippen LogP contribution is 2.37. The summed E-state index contributed by atoms with van der Waals surface area (Å²) in [7, 11) is 1.54. The van der Waals surface area contributed by atoms with Crippen molar-refractivity contribution in [1.29, 1.82) is 0 Å². The molecule has 11 nitrogen and oxygen atoms in total. The maximum Gasteiger partial charge on any atom is 0.408 e. The smallest absolute Gasteiger partial charge is 0.408 e. The Morgan fingerprint density at radius 3 is 1.58 bits per heavy atom. The van der Waals surface area contributed by atoms with E-state index in [0.717, 1.165) is 27.8 Å². The average Bonchev–Trinajstić information content (AvgIpc) is 3.36. The van der Waals surface area contributed by atoms with Crippen molar-refractivity contribution in [1.82, 2.24) is 21.3 Å². The SMILES string of the molecule is COc1ccc(C(=O)/C=C/[C@H](CCC(=O)NC(c2ccccc2)(c2ccccc2)c2ccccc2)NC(=O)[C@H](Cc2ccccc2)NC(=O)[C@H](CC(C)C)NC(=O)OCc2ccccc2)cc1. The Bertz CT molecular complexity index is 2440. The molecular weight excluding hydrogens is 841 g/mol. The number of amides is 4. The lowest BCUT2D eigenvalue weighted by atomic mass is 9.77. The molecule has 0 aliphatic heterocycles. The number of allylic oxidation sites excluding steroid dienone is 1. The molecule has 0 saturated carbocycles. The number of benzene rings is 6. The largest absolute Gasteiger partial charge is 0.497 e. The minimum Gasteiger partial charge on any atom is -0.497 e. The van der Waals surface area contributed by atoms with Crippen molar-refractivity contribution in [3.8, 4) is 5.75 Å². The Morgan fingerprint density at radius 2 is 1.07 bits per heavy atom. The molecule has 0 aliphatic carbocycles. The Kier molecular flexibility index (Phi) is 17.8. The molecular formula is C56H58N4O7. The Morgan fingerprint density at radius 1 is 0.582 bits per heavy atom. The van der Waals surface area contributed by atoms with Gasteiger partial charge in [-0.1, -0.05) is 172 Å². The number of methoxy groups -OCH3 is 1.